The molecule has 3 rings (SSSR count). The van der Waals surface area contributed by atoms with Gasteiger partial charge in [-0.25, -0.2) is 0 Å². The van der Waals surface area contributed by atoms with Crippen molar-refractivity contribution in [3.8, 4) is 5.75 Å². The van der Waals surface area contributed by atoms with Crippen LogP contribution >= 0.6 is 24.0 Å². The van der Waals surface area contributed by atoms with E-state index in [1.165, 1.54) is 22.2 Å². The zero-order valence-electron chi connectivity index (χ0n) is 15.3. The normalized spacial score (nSPS) is 15.3. The van der Waals surface area contributed by atoms with Crippen LogP contribution in [0.3, 0.4) is 0 Å². The monoisotopic (exact) mass is 413 g/mol. The quantitative estimate of drug-likeness (QED) is 0.541. The van der Waals surface area contributed by atoms with Crippen LogP contribution in [-0.4, -0.2) is 32.7 Å². The summed E-state index contributed by atoms with van der Waals surface area (Å²) in [5.74, 6) is -0.470. The number of aryl methyl sites for hydroxylation is 1. The number of aliphatic carboxylic acids is 1. The standard InChI is InChI=1S/C21H19NO4S2/c1-14-2-4-16(5-3-14)13-26-17-8-6-15(7-9-17)12-18-20(25)22(21(27)28-18)11-10-19(23)24/h2-9,12H,10-11,13H2,1H3,(H,23,24)/b18-12-. The van der Waals surface area contributed by atoms with Gasteiger partial charge in [-0.05, 0) is 36.3 Å². The van der Waals surface area contributed by atoms with Gasteiger partial charge in [0.05, 0.1) is 11.3 Å². The molecule has 0 unspecified atom stereocenters. The van der Waals surface area contributed by atoms with Gasteiger partial charge in [-0.3, -0.25) is 14.5 Å². The zero-order chi connectivity index (χ0) is 20.1. The second kappa shape index (κ2) is 9.03. The molecule has 28 heavy (non-hydrogen) atoms. The average molecular weight is 414 g/mol. The van der Waals surface area contributed by atoms with Crippen molar-refractivity contribution in [1.82, 2.24) is 4.90 Å². The first-order valence-corrected chi connectivity index (χ1v) is 9.90. The van der Waals surface area contributed by atoms with Crippen LogP contribution < -0.4 is 4.74 Å². The first-order valence-electron chi connectivity index (χ1n) is 8.68. The number of thioether (sulfide) groups is 1. The minimum atomic E-state index is -0.959. The highest BCUT2D eigenvalue weighted by Crippen LogP contribution is 2.32. The van der Waals surface area contributed by atoms with Crippen molar-refractivity contribution in [3.05, 3.63) is 70.1 Å². The Hall–Kier alpha value is -2.64. The molecule has 2 aromatic carbocycles. The smallest absolute Gasteiger partial charge is 0.305 e. The maximum atomic E-state index is 12.4. The predicted octanol–water partition coefficient (Wildman–Crippen LogP) is 4.25. The molecule has 1 heterocycles. The van der Waals surface area contributed by atoms with Crippen LogP contribution in [0.4, 0.5) is 0 Å². The summed E-state index contributed by atoms with van der Waals surface area (Å²) in [5, 5.41) is 8.79. The third-order valence-electron chi connectivity index (χ3n) is 4.13. The lowest BCUT2D eigenvalue weighted by atomic mass is 10.1. The number of benzene rings is 2. The molecule has 5 nitrogen and oxygen atoms in total. The molecule has 1 aliphatic rings. The number of carboxylic acid groups (broad SMARTS) is 1. The van der Waals surface area contributed by atoms with E-state index in [0.717, 1.165) is 16.9 Å². The molecular formula is C21H19NO4S2. The lowest BCUT2D eigenvalue weighted by molar-refractivity contribution is -0.137. The molecule has 144 valence electrons. The van der Waals surface area contributed by atoms with Gasteiger partial charge in [0.25, 0.3) is 5.91 Å². The van der Waals surface area contributed by atoms with E-state index in [-0.39, 0.29) is 18.9 Å². The number of rotatable bonds is 7. The molecule has 1 aliphatic heterocycles. The molecule has 7 heteroatoms. The lowest BCUT2D eigenvalue weighted by Gasteiger charge is -2.12. The summed E-state index contributed by atoms with van der Waals surface area (Å²) in [6.45, 7) is 2.62. The Balaban J connectivity index is 1.61. The fraction of sp³-hybridized carbons (Fsp3) is 0.190. The van der Waals surface area contributed by atoms with Gasteiger partial charge in [-0.15, -0.1) is 0 Å². The van der Waals surface area contributed by atoms with Crippen LogP contribution in [0.1, 0.15) is 23.1 Å². The van der Waals surface area contributed by atoms with Crippen molar-refractivity contribution in [2.24, 2.45) is 0 Å². The summed E-state index contributed by atoms with van der Waals surface area (Å²) in [4.78, 5) is 25.0. The first kappa shape index (κ1) is 20.1. The third-order valence-corrected chi connectivity index (χ3v) is 5.50. The van der Waals surface area contributed by atoms with E-state index in [9.17, 15) is 9.59 Å². The third kappa shape index (κ3) is 5.21. The molecule has 1 saturated heterocycles. The number of hydrogen-bond donors (Lipinski definition) is 1. The Kier molecular flexibility index (Phi) is 6.49. The Morgan fingerprint density at radius 3 is 2.50 bits per heavy atom. The highest BCUT2D eigenvalue weighted by atomic mass is 32.2. The topological polar surface area (TPSA) is 66.8 Å². The fourth-order valence-corrected chi connectivity index (χ4v) is 3.87. The van der Waals surface area contributed by atoms with Crippen LogP contribution in [0.15, 0.2) is 53.4 Å². The van der Waals surface area contributed by atoms with E-state index in [4.69, 9.17) is 22.1 Å². The minimum absolute atomic E-state index is 0.0864. The molecule has 2 aromatic rings. The molecular weight excluding hydrogens is 394 g/mol. The Morgan fingerprint density at radius 1 is 1.18 bits per heavy atom. The highest BCUT2D eigenvalue weighted by molar-refractivity contribution is 8.26. The summed E-state index contributed by atoms with van der Waals surface area (Å²) in [6, 6.07) is 15.6. The van der Waals surface area contributed by atoms with Crippen molar-refractivity contribution in [1.29, 1.82) is 0 Å². The van der Waals surface area contributed by atoms with Crippen LogP contribution in [0, 0.1) is 6.92 Å². The molecule has 0 saturated carbocycles. The maximum absolute atomic E-state index is 12.4. The minimum Gasteiger partial charge on any atom is -0.489 e. The van der Waals surface area contributed by atoms with Crippen molar-refractivity contribution >= 4 is 46.3 Å². The van der Waals surface area contributed by atoms with E-state index < -0.39 is 5.97 Å². The summed E-state index contributed by atoms with van der Waals surface area (Å²) < 4.78 is 6.17. The van der Waals surface area contributed by atoms with Crippen LogP contribution in [0.5, 0.6) is 5.75 Å². The molecule has 0 bridgehead atoms. The number of amides is 1. The number of thiocarbonyl (C=S) groups is 1. The fourth-order valence-electron chi connectivity index (χ4n) is 2.56. The van der Waals surface area contributed by atoms with Crippen LogP contribution in [0.25, 0.3) is 6.08 Å². The summed E-state index contributed by atoms with van der Waals surface area (Å²) in [6.07, 6.45) is 1.62. The SMILES string of the molecule is Cc1ccc(COc2ccc(/C=C3\SC(=S)N(CCC(=O)O)C3=O)cc2)cc1. The van der Waals surface area contributed by atoms with E-state index in [1.807, 2.05) is 43.3 Å². The van der Waals surface area contributed by atoms with E-state index >= 15 is 0 Å². The van der Waals surface area contributed by atoms with Gasteiger partial charge in [0.15, 0.2) is 0 Å². The Morgan fingerprint density at radius 2 is 1.86 bits per heavy atom. The van der Waals surface area contributed by atoms with Gasteiger partial charge in [0.1, 0.15) is 16.7 Å². The molecule has 0 spiro atoms. The summed E-state index contributed by atoms with van der Waals surface area (Å²) in [5.41, 5.74) is 3.16. The van der Waals surface area contributed by atoms with Gasteiger partial charge < -0.3 is 9.84 Å². The van der Waals surface area contributed by atoms with Gasteiger partial charge in [-0.1, -0.05) is 65.9 Å². The van der Waals surface area contributed by atoms with E-state index in [0.29, 0.717) is 15.8 Å². The molecule has 1 N–H and O–H groups in total. The molecule has 0 atom stereocenters. The van der Waals surface area contributed by atoms with Crippen molar-refractivity contribution < 1.29 is 19.4 Å². The van der Waals surface area contributed by atoms with E-state index in [2.05, 4.69) is 12.1 Å². The second-order valence-corrected chi connectivity index (χ2v) is 8.00. The van der Waals surface area contributed by atoms with Crippen molar-refractivity contribution in [2.45, 2.75) is 20.0 Å². The number of hydrogen-bond acceptors (Lipinski definition) is 5. The Bertz CT molecular complexity index is 920. The van der Waals surface area contributed by atoms with Gasteiger partial charge in [0.2, 0.25) is 0 Å². The summed E-state index contributed by atoms with van der Waals surface area (Å²) in [7, 11) is 0. The largest absolute Gasteiger partial charge is 0.489 e. The first-order chi connectivity index (χ1) is 13.4. The number of carbonyl (C=O) groups excluding carboxylic acids is 1. The molecule has 0 aliphatic carbocycles. The number of carbonyl (C=O) groups is 2. The van der Waals surface area contributed by atoms with Crippen LogP contribution in [-0.2, 0) is 16.2 Å². The lowest BCUT2D eigenvalue weighted by Crippen LogP contribution is -2.30. The van der Waals surface area contributed by atoms with Gasteiger partial charge >= 0.3 is 5.97 Å². The maximum Gasteiger partial charge on any atom is 0.305 e. The van der Waals surface area contributed by atoms with Crippen molar-refractivity contribution in [3.63, 3.8) is 0 Å². The van der Waals surface area contributed by atoms with Gasteiger partial charge in [0, 0.05) is 6.54 Å². The Labute approximate surface area is 173 Å². The summed E-state index contributed by atoms with van der Waals surface area (Å²) >= 11 is 6.37. The number of nitrogens with zero attached hydrogens (tertiary/aromatic N) is 1. The number of ether oxygens (including phenoxy) is 1. The van der Waals surface area contributed by atoms with Gasteiger partial charge in [-0.2, -0.15) is 0 Å². The predicted molar refractivity (Wildman–Crippen MR) is 114 cm³/mol. The highest BCUT2D eigenvalue weighted by Gasteiger charge is 2.31. The zero-order valence-corrected chi connectivity index (χ0v) is 16.9. The average Bonchev–Trinajstić information content (AvgIpc) is 2.93. The van der Waals surface area contributed by atoms with Crippen molar-refractivity contribution in [2.75, 3.05) is 6.54 Å². The van der Waals surface area contributed by atoms with E-state index in [1.54, 1.807) is 6.08 Å². The molecule has 0 radical (unpaired) electrons. The van der Waals surface area contributed by atoms with Crippen LogP contribution in [0.2, 0.25) is 0 Å². The molecule has 1 fully saturated rings. The molecule has 1 amide bonds. The number of carboxylic acids is 1. The molecule has 0 aromatic heterocycles. The second-order valence-electron chi connectivity index (χ2n) is 6.32.